The second kappa shape index (κ2) is 8.69. The number of morpholine rings is 1. The molecule has 4 heterocycles. The Bertz CT molecular complexity index is 978. The predicted octanol–water partition coefficient (Wildman–Crippen LogP) is 3.11. The number of nitrogens with one attached hydrogen (secondary N) is 2. The molecule has 1 atom stereocenters. The summed E-state index contributed by atoms with van der Waals surface area (Å²) in [5, 5.41) is 6.93. The summed E-state index contributed by atoms with van der Waals surface area (Å²) in [5.41, 5.74) is 5.49. The molecule has 2 N–H and O–H groups in total. The van der Waals surface area contributed by atoms with Gasteiger partial charge >= 0.3 is 0 Å². The molecule has 7 nitrogen and oxygen atoms in total. The third kappa shape index (κ3) is 3.91. The molecule has 1 aromatic carbocycles. The molecule has 3 aliphatic rings. The Morgan fingerprint density at radius 1 is 1.16 bits per heavy atom. The van der Waals surface area contributed by atoms with Crippen molar-refractivity contribution in [2.75, 3.05) is 43.2 Å². The SMILES string of the molecule is CC(Nc1ccc2c(c1)/C(=C1\COCCN1)C(=O)N2C1CCOCC1)c1ccccn1. The monoisotopic (exact) mass is 420 g/mol. The molecule has 31 heavy (non-hydrogen) atoms. The normalized spacial score (nSPS) is 22.7. The maximum absolute atomic E-state index is 13.6. The summed E-state index contributed by atoms with van der Waals surface area (Å²) in [4.78, 5) is 20.0. The van der Waals surface area contributed by atoms with Gasteiger partial charge in [0.25, 0.3) is 5.91 Å². The van der Waals surface area contributed by atoms with Gasteiger partial charge in [0.05, 0.1) is 41.9 Å². The molecule has 2 fully saturated rings. The Kier molecular flexibility index (Phi) is 5.61. The van der Waals surface area contributed by atoms with Crippen LogP contribution < -0.4 is 15.5 Å². The van der Waals surface area contributed by atoms with Crippen LogP contribution in [0.4, 0.5) is 11.4 Å². The Labute approximate surface area is 182 Å². The van der Waals surface area contributed by atoms with E-state index in [-0.39, 0.29) is 18.0 Å². The lowest BCUT2D eigenvalue weighted by Crippen LogP contribution is -2.42. The van der Waals surface area contributed by atoms with E-state index in [1.54, 1.807) is 6.20 Å². The van der Waals surface area contributed by atoms with E-state index in [0.717, 1.165) is 46.7 Å². The molecule has 162 valence electrons. The van der Waals surface area contributed by atoms with Crippen LogP contribution in [0.3, 0.4) is 0 Å². The van der Waals surface area contributed by atoms with Gasteiger partial charge in [-0.2, -0.15) is 0 Å². The molecular weight excluding hydrogens is 392 g/mol. The Hall–Kier alpha value is -2.90. The largest absolute Gasteiger partial charge is 0.383 e. The summed E-state index contributed by atoms with van der Waals surface area (Å²) in [6.07, 6.45) is 3.51. The fourth-order valence-corrected chi connectivity index (χ4v) is 4.59. The quantitative estimate of drug-likeness (QED) is 0.741. The van der Waals surface area contributed by atoms with Gasteiger partial charge in [-0.1, -0.05) is 6.07 Å². The van der Waals surface area contributed by atoms with Gasteiger partial charge in [-0.05, 0) is 50.1 Å². The zero-order valence-corrected chi connectivity index (χ0v) is 17.8. The number of anilines is 2. The maximum Gasteiger partial charge on any atom is 0.261 e. The molecule has 2 aromatic rings. The molecule has 1 unspecified atom stereocenters. The Morgan fingerprint density at radius 3 is 2.77 bits per heavy atom. The van der Waals surface area contributed by atoms with Crippen molar-refractivity contribution in [2.45, 2.75) is 31.8 Å². The lowest BCUT2D eigenvalue weighted by molar-refractivity contribution is -0.113. The summed E-state index contributed by atoms with van der Waals surface area (Å²) in [5.74, 6) is 0.0600. The zero-order chi connectivity index (χ0) is 21.2. The number of nitrogens with zero attached hydrogens (tertiary/aromatic N) is 2. The Balaban J connectivity index is 1.51. The number of ether oxygens (including phenoxy) is 2. The molecule has 0 saturated carbocycles. The fraction of sp³-hybridized carbons (Fsp3) is 0.417. The van der Waals surface area contributed by atoms with Gasteiger partial charge in [-0.3, -0.25) is 9.78 Å². The van der Waals surface area contributed by atoms with Crippen LogP contribution >= 0.6 is 0 Å². The van der Waals surface area contributed by atoms with Crippen molar-refractivity contribution in [2.24, 2.45) is 0 Å². The third-order valence-electron chi connectivity index (χ3n) is 6.16. The molecule has 5 rings (SSSR count). The van der Waals surface area contributed by atoms with Crippen LogP contribution in [0, 0.1) is 0 Å². The van der Waals surface area contributed by atoms with Crippen LogP contribution in [0.2, 0.25) is 0 Å². The van der Waals surface area contributed by atoms with E-state index in [4.69, 9.17) is 9.47 Å². The lowest BCUT2D eigenvalue weighted by Gasteiger charge is -2.31. The van der Waals surface area contributed by atoms with E-state index in [1.165, 1.54) is 0 Å². The van der Waals surface area contributed by atoms with Crippen molar-refractivity contribution in [1.82, 2.24) is 10.3 Å². The highest BCUT2D eigenvalue weighted by Crippen LogP contribution is 2.42. The summed E-state index contributed by atoms with van der Waals surface area (Å²) in [6, 6.07) is 12.3. The molecule has 0 radical (unpaired) electrons. The average Bonchev–Trinajstić information content (AvgIpc) is 3.11. The summed E-state index contributed by atoms with van der Waals surface area (Å²) in [6.45, 7) is 5.28. The van der Waals surface area contributed by atoms with Gasteiger partial charge < -0.3 is 25.0 Å². The zero-order valence-electron chi connectivity index (χ0n) is 17.8. The van der Waals surface area contributed by atoms with Crippen LogP contribution in [-0.2, 0) is 14.3 Å². The first-order chi connectivity index (χ1) is 15.2. The molecule has 0 aliphatic carbocycles. The van der Waals surface area contributed by atoms with Crippen LogP contribution in [-0.4, -0.2) is 49.9 Å². The van der Waals surface area contributed by atoms with E-state index in [9.17, 15) is 4.79 Å². The van der Waals surface area contributed by atoms with E-state index in [1.807, 2.05) is 23.1 Å². The smallest absolute Gasteiger partial charge is 0.261 e. The van der Waals surface area contributed by atoms with Gasteiger partial charge in [0.15, 0.2) is 0 Å². The lowest BCUT2D eigenvalue weighted by atomic mass is 10.0. The number of carbonyl (C=O) groups excluding carboxylic acids is 1. The van der Waals surface area contributed by atoms with Gasteiger partial charge in [0.1, 0.15) is 0 Å². The first-order valence-electron chi connectivity index (χ1n) is 11.0. The molecular formula is C24H28N4O3. The molecule has 1 amide bonds. The number of fused-ring (bicyclic) bond motifs is 1. The number of pyridine rings is 1. The molecule has 0 spiro atoms. The van der Waals surface area contributed by atoms with E-state index < -0.39 is 0 Å². The fourth-order valence-electron chi connectivity index (χ4n) is 4.59. The first kappa shape index (κ1) is 20.0. The van der Waals surface area contributed by atoms with Crippen LogP contribution in [0.15, 0.2) is 48.3 Å². The van der Waals surface area contributed by atoms with Crippen LogP contribution in [0.25, 0.3) is 5.57 Å². The highest BCUT2D eigenvalue weighted by molar-refractivity contribution is 6.33. The molecule has 2 saturated heterocycles. The number of hydrogen-bond donors (Lipinski definition) is 2. The van der Waals surface area contributed by atoms with Gasteiger partial charge in [-0.15, -0.1) is 0 Å². The highest BCUT2D eigenvalue weighted by Gasteiger charge is 2.39. The maximum atomic E-state index is 13.6. The summed E-state index contributed by atoms with van der Waals surface area (Å²) >= 11 is 0. The minimum Gasteiger partial charge on any atom is -0.383 e. The van der Waals surface area contributed by atoms with Gasteiger partial charge in [-0.25, -0.2) is 0 Å². The molecule has 1 aromatic heterocycles. The van der Waals surface area contributed by atoms with Gasteiger partial charge in [0, 0.05) is 43.2 Å². The Morgan fingerprint density at radius 2 is 2.03 bits per heavy atom. The second-order valence-corrected chi connectivity index (χ2v) is 8.20. The van der Waals surface area contributed by atoms with Crippen molar-refractivity contribution in [3.8, 4) is 0 Å². The number of aromatic nitrogens is 1. The van der Waals surface area contributed by atoms with Crippen molar-refractivity contribution in [3.63, 3.8) is 0 Å². The van der Waals surface area contributed by atoms with E-state index >= 15 is 0 Å². The van der Waals surface area contributed by atoms with Crippen molar-refractivity contribution in [3.05, 3.63) is 59.5 Å². The average molecular weight is 421 g/mol. The summed E-state index contributed by atoms with van der Waals surface area (Å²) < 4.78 is 11.2. The number of rotatable bonds is 4. The third-order valence-corrected chi connectivity index (χ3v) is 6.16. The van der Waals surface area contributed by atoms with Crippen LogP contribution in [0.1, 0.15) is 37.1 Å². The summed E-state index contributed by atoms with van der Waals surface area (Å²) in [7, 11) is 0. The standard InChI is InChI=1S/C24H28N4O3/c1-16(20-4-2-3-9-25-20)27-17-5-6-22-19(14-17)23(21-15-31-13-10-26-21)24(29)28(22)18-7-11-30-12-8-18/h2-6,9,14,16,18,26-27H,7-8,10-13,15H2,1H3/b23-21-. The number of amides is 1. The van der Waals surface area contributed by atoms with Gasteiger partial charge in [0.2, 0.25) is 0 Å². The minimum atomic E-state index is 0.0511. The molecule has 3 aliphatic heterocycles. The van der Waals surface area contributed by atoms with E-state index in [2.05, 4.69) is 40.7 Å². The number of carbonyl (C=O) groups is 1. The topological polar surface area (TPSA) is 75.7 Å². The van der Waals surface area contributed by atoms with Crippen molar-refractivity contribution in [1.29, 1.82) is 0 Å². The van der Waals surface area contributed by atoms with Crippen LogP contribution in [0.5, 0.6) is 0 Å². The second-order valence-electron chi connectivity index (χ2n) is 8.20. The number of hydrogen-bond acceptors (Lipinski definition) is 6. The van der Waals surface area contributed by atoms with Crippen molar-refractivity contribution < 1.29 is 14.3 Å². The minimum absolute atomic E-state index is 0.0511. The molecule has 7 heteroatoms. The van der Waals surface area contributed by atoms with Crippen molar-refractivity contribution >= 4 is 22.9 Å². The predicted molar refractivity (Wildman–Crippen MR) is 120 cm³/mol. The number of benzene rings is 1. The van der Waals surface area contributed by atoms with E-state index in [0.29, 0.717) is 33.0 Å². The molecule has 0 bridgehead atoms. The highest BCUT2D eigenvalue weighted by atomic mass is 16.5. The first-order valence-corrected chi connectivity index (χ1v) is 11.0.